The van der Waals surface area contributed by atoms with Gasteiger partial charge in [0.25, 0.3) is 0 Å². The molecule has 1 aromatic heterocycles. The van der Waals surface area contributed by atoms with Crippen molar-refractivity contribution in [2.45, 2.75) is 25.7 Å². The molecule has 0 radical (unpaired) electrons. The number of Topliss-reactive ketones (excluding diaryl/α,β-unsaturated/α-hetero) is 1. The largest absolute Gasteiger partial charge is 0.324 e. The quantitative estimate of drug-likeness (QED) is 0.854. The van der Waals surface area contributed by atoms with Crippen molar-refractivity contribution >= 4 is 29.0 Å². The van der Waals surface area contributed by atoms with Crippen LogP contribution in [-0.2, 0) is 6.42 Å². The van der Waals surface area contributed by atoms with E-state index in [0.717, 1.165) is 25.0 Å². The maximum Gasteiger partial charge on any atom is 0.227 e. The SMILES string of the molecule is O=C1CCCCc2nc(Nc3ccc(F)c(Cl)c3)ncc21. The Morgan fingerprint density at radius 3 is 2.86 bits per heavy atom. The van der Waals surface area contributed by atoms with Crippen LogP contribution in [-0.4, -0.2) is 15.8 Å². The van der Waals surface area contributed by atoms with Crippen LogP contribution in [0, 0.1) is 5.82 Å². The van der Waals surface area contributed by atoms with E-state index in [1.807, 2.05) is 0 Å². The van der Waals surface area contributed by atoms with Crippen molar-refractivity contribution in [2.75, 3.05) is 5.32 Å². The highest BCUT2D eigenvalue weighted by Gasteiger charge is 2.17. The molecule has 1 aliphatic rings. The van der Waals surface area contributed by atoms with Gasteiger partial charge in [-0.15, -0.1) is 0 Å². The van der Waals surface area contributed by atoms with Crippen molar-refractivity contribution in [3.05, 3.63) is 46.5 Å². The maximum absolute atomic E-state index is 13.1. The van der Waals surface area contributed by atoms with E-state index >= 15 is 0 Å². The summed E-state index contributed by atoms with van der Waals surface area (Å²) in [5.74, 6) is 0.000613. The van der Waals surface area contributed by atoms with Crippen LogP contribution in [0.25, 0.3) is 0 Å². The molecule has 0 fully saturated rings. The number of anilines is 2. The number of fused-ring (bicyclic) bond motifs is 1. The average molecular weight is 306 g/mol. The van der Waals surface area contributed by atoms with Crippen LogP contribution in [0.15, 0.2) is 24.4 Å². The summed E-state index contributed by atoms with van der Waals surface area (Å²) in [4.78, 5) is 20.4. The van der Waals surface area contributed by atoms with E-state index in [2.05, 4.69) is 15.3 Å². The van der Waals surface area contributed by atoms with E-state index in [-0.39, 0.29) is 10.8 Å². The molecule has 1 aliphatic carbocycles. The first-order chi connectivity index (χ1) is 10.1. The first-order valence-electron chi connectivity index (χ1n) is 6.74. The van der Waals surface area contributed by atoms with Crippen molar-refractivity contribution in [3.8, 4) is 0 Å². The number of carbonyl (C=O) groups is 1. The Balaban J connectivity index is 1.88. The zero-order valence-corrected chi connectivity index (χ0v) is 12.0. The highest BCUT2D eigenvalue weighted by atomic mass is 35.5. The van der Waals surface area contributed by atoms with Crippen LogP contribution in [0.4, 0.5) is 16.0 Å². The zero-order chi connectivity index (χ0) is 14.8. The molecule has 0 bridgehead atoms. The van der Waals surface area contributed by atoms with Gasteiger partial charge >= 0.3 is 0 Å². The monoisotopic (exact) mass is 305 g/mol. The highest BCUT2D eigenvalue weighted by molar-refractivity contribution is 6.31. The Morgan fingerprint density at radius 1 is 1.24 bits per heavy atom. The second kappa shape index (κ2) is 5.77. The van der Waals surface area contributed by atoms with Crippen LogP contribution < -0.4 is 5.32 Å². The van der Waals surface area contributed by atoms with Crippen molar-refractivity contribution in [1.29, 1.82) is 0 Å². The van der Waals surface area contributed by atoms with Gasteiger partial charge in [0, 0.05) is 18.3 Å². The van der Waals surface area contributed by atoms with Gasteiger partial charge in [0.05, 0.1) is 16.3 Å². The lowest BCUT2D eigenvalue weighted by Crippen LogP contribution is -2.07. The second-order valence-corrected chi connectivity index (χ2v) is 5.35. The molecule has 1 heterocycles. The maximum atomic E-state index is 13.1. The van der Waals surface area contributed by atoms with Gasteiger partial charge in [-0.25, -0.2) is 14.4 Å². The van der Waals surface area contributed by atoms with Gasteiger partial charge in [0.1, 0.15) is 5.82 Å². The number of aryl methyl sites for hydroxylation is 1. The van der Waals surface area contributed by atoms with E-state index in [4.69, 9.17) is 11.6 Å². The number of nitrogens with one attached hydrogen (secondary N) is 1. The molecule has 0 saturated carbocycles. The second-order valence-electron chi connectivity index (χ2n) is 4.94. The average Bonchev–Trinajstić information content (AvgIpc) is 2.65. The lowest BCUT2D eigenvalue weighted by atomic mass is 10.1. The molecular formula is C15H13ClFN3O. The van der Waals surface area contributed by atoms with Crippen molar-refractivity contribution in [1.82, 2.24) is 9.97 Å². The van der Waals surface area contributed by atoms with Crippen LogP contribution in [0.2, 0.25) is 5.02 Å². The number of ketones is 1. The zero-order valence-electron chi connectivity index (χ0n) is 11.2. The van der Waals surface area contributed by atoms with Gasteiger partial charge in [-0.05, 0) is 37.5 Å². The number of rotatable bonds is 2. The molecule has 3 rings (SSSR count). The molecule has 0 amide bonds. The molecular weight excluding hydrogens is 293 g/mol. The Bertz CT molecular complexity index is 705. The molecule has 6 heteroatoms. The van der Waals surface area contributed by atoms with E-state index in [9.17, 15) is 9.18 Å². The van der Waals surface area contributed by atoms with Crippen molar-refractivity contribution in [3.63, 3.8) is 0 Å². The molecule has 21 heavy (non-hydrogen) atoms. The first-order valence-corrected chi connectivity index (χ1v) is 7.12. The number of halogens is 2. The highest BCUT2D eigenvalue weighted by Crippen LogP contribution is 2.23. The predicted octanol–water partition coefficient (Wildman–Crippen LogP) is 3.92. The van der Waals surface area contributed by atoms with Crippen LogP contribution >= 0.6 is 11.6 Å². The number of aromatic nitrogens is 2. The summed E-state index contributed by atoms with van der Waals surface area (Å²) < 4.78 is 13.1. The first kappa shape index (κ1) is 13.9. The lowest BCUT2D eigenvalue weighted by molar-refractivity contribution is 0.0981. The van der Waals surface area contributed by atoms with Crippen LogP contribution in [0.5, 0.6) is 0 Å². The smallest absolute Gasteiger partial charge is 0.227 e. The minimum absolute atomic E-state index is 0.0323. The summed E-state index contributed by atoms with van der Waals surface area (Å²) in [5.41, 5.74) is 1.97. The predicted molar refractivity (Wildman–Crippen MR) is 78.6 cm³/mol. The molecule has 1 N–H and O–H groups in total. The van der Waals surface area contributed by atoms with E-state index in [1.165, 1.54) is 12.1 Å². The summed E-state index contributed by atoms with van der Waals surface area (Å²) in [5, 5.41) is 3.01. The summed E-state index contributed by atoms with van der Waals surface area (Å²) in [7, 11) is 0. The Morgan fingerprint density at radius 2 is 2.05 bits per heavy atom. The fraction of sp³-hybridized carbons (Fsp3) is 0.267. The molecule has 0 unspecified atom stereocenters. The van der Waals surface area contributed by atoms with Gasteiger partial charge < -0.3 is 5.32 Å². The summed E-state index contributed by atoms with van der Waals surface area (Å²) in [6.45, 7) is 0. The standard InChI is InChI=1S/C15H13ClFN3O/c16-11-7-9(5-6-12(11)17)19-15-18-8-10-13(20-15)3-1-2-4-14(10)21/h5-8H,1-4H2,(H,18,19,20). The van der Waals surface area contributed by atoms with Gasteiger partial charge in [-0.1, -0.05) is 11.6 Å². The lowest BCUT2D eigenvalue weighted by Gasteiger charge is -2.08. The Kier molecular flexibility index (Phi) is 3.84. The van der Waals surface area contributed by atoms with Crippen molar-refractivity contribution in [2.24, 2.45) is 0 Å². The molecule has 0 saturated heterocycles. The summed E-state index contributed by atoms with van der Waals surface area (Å²) in [6, 6.07) is 4.30. The molecule has 1 aromatic carbocycles. The van der Waals surface area contributed by atoms with Gasteiger partial charge in [0.15, 0.2) is 5.78 Å². The molecule has 108 valence electrons. The Labute approximate surface area is 126 Å². The molecule has 4 nitrogen and oxygen atoms in total. The topological polar surface area (TPSA) is 54.9 Å². The third kappa shape index (κ3) is 3.03. The third-order valence-electron chi connectivity index (χ3n) is 3.41. The van der Waals surface area contributed by atoms with Gasteiger partial charge in [-0.3, -0.25) is 4.79 Å². The summed E-state index contributed by atoms with van der Waals surface area (Å²) >= 11 is 5.74. The number of nitrogens with zero attached hydrogens (tertiary/aromatic N) is 2. The number of carbonyl (C=O) groups excluding carboxylic acids is 1. The Hall–Kier alpha value is -2.01. The van der Waals surface area contributed by atoms with E-state index < -0.39 is 5.82 Å². The van der Waals surface area contributed by atoms with Gasteiger partial charge in [-0.2, -0.15) is 0 Å². The fourth-order valence-electron chi connectivity index (χ4n) is 2.32. The number of benzene rings is 1. The van der Waals surface area contributed by atoms with E-state index in [0.29, 0.717) is 23.6 Å². The fourth-order valence-corrected chi connectivity index (χ4v) is 2.50. The number of hydrogen-bond donors (Lipinski definition) is 1. The summed E-state index contributed by atoms with van der Waals surface area (Å²) in [6.07, 6.45) is 4.70. The normalized spacial score (nSPS) is 14.5. The van der Waals surface area contributed by atoms with Gasteiger partial charge in [0.2, 0.25) is 5.95 Å². The minimum Gasteiger partial charge on any atom is -0.324 e. The number of hydrogen-bond acceptors (Lipinski definition) is 4. The van der Waals surface area contributed by atoms with E-state index in [1.54, 1.807) is 12.3 Å². The molecule has 2 aromatic rings. The molecule has 0 spiro atoms. The molecule has 0 aliphatic heterocycles. The molecule has 0 atom stereocenters. The van der Waals surface area contributed by atoms with Crippen molar-refractivity contribution < 1.29 is 9.18 Å². The minimum atomic E-state index is -0.476. The third-order valence-corrected chi connectivity index (χ3v) is 3.70. The van der Waals surface area contributed by atoms with Crippen LogP contribution in [0.3, 0.4) is 0 Å². The van der Waals surface area contributed by atoms with Crippen LogP contribution in [0.1, 0.15) is 35.3 Å².